The van der Waals surface area contributed by atoms with Gasteiger partial charge in [-0.25, -0.2) is 9.97 Å². The van der Waals surface area contributed by atoms with Crippen LogP contribution in [0.1, 0.15) is 0 Å². The first kappa shape index (κ1) is 30.2. The minimum atomic E-state index is 0.885. The molecule has 0 saturated heterocycles. The van der Waals surface area contributed by atoms with Gasteiger partial charge in [-0.15, -0.1) is 11.3 Å². The lowest BCUT2D eigenvalue weighted by Gasteiger charge is -2.26. The molecule has 8 aromatic carbocycles. The Morgan fingerprint density at radius 3 is 1.71 bits per heavy atom. The van der Waals surface area contributed by atoms with Gasteiger partial charge in [0.2, 0.25) is 0 Å². The van der Waals surface area contributed by atoms with E-state index < -0.39 is 0 Å². The van der Waals surface area contributed by atoms with E-state index >= 15 is 0 Å². The van der Waals surface area contributed by atoms with E-state index in [-0.39, 0.29) is 0 Å². The molecule has 0 fully saturated rings. The third-order valence-corrected chi connectivity index (χ3v) is 11.0. The van der Waals surface area contributed by atoms with Crippen molar-refractivity contribution in [3.05, 3.63) is 188 Å². The molecule has 10 aromatic rings. The van der Waals surface area contributed by atoms with Crippen LogP contribution in [0.2, 0.25) is 0 Å². The molecule has 0 spiro atoms. The fraction of sp³-hybridized carbons (Fsp3) is 0. The van der Waals surface area contributed by atoms with E-state index in [1.165, 1.54) is 37.0 Å². The van der Waals surface area contributed by atoms with Crippen LogP contribution in [0, 0.1) is 0 Å². The van der Waals surface area contributed by atoms with Gasteiger partial charge < -0.3 is 4.90 Å². The summed E-state index contributed by atoms with van der Waals surface area (Å²) >= 11 is 1.86. The van der Waals surface area contributed by atoms with Gasteiger partial charge in [-0.3, -0.25) is 0 Å². The molecule has 0 aliphatic heterocycles. The van der Waals surface area contributed by atoms with Gasteiger partial charge in [0.1, 0.15) is 0 Å². The molecule has 0 bridgehead atoms. The Labute approximate surface area is 305 Å². The first-order valence-electron chi connectivity index (χ1n) is 17.5. The molecule has 3 nitrogen and oxygen atoms in total. The Morgan fingerprint density at radius 2 is 1.04 bits per heavy atom. The number of fused-ring (bicyclic) bond motifs is 6. The normalized spacial score (nSPS) is 11.5. The van der Waals surface area contributed by atoms with E-state index in [9.17, 15) is 0 Å². The van der Waals surface area contributed by atoms with Crippen molar-refractivity contribution in [1.82, 2.24) is 9.97 Å². The van der Waals surface area contributed by atoms with Gasteiger partial charge in [-0.05, 0) is 65.0 Å². The zero-order valence-electron chi connectivity index (χ0n) is 28.1. The van der Waals surface area contributed by atoms with Crippen molar-refractivity contribution in [3.8, 4) is 33.6 Å². The molecular formula is C48H31N3S. The molecule has 0 N–H and O–H groups in total. The summed E-state index contributed by atoms with van der Waals surface area (Å²) in [6, 6.07) is 66.5. The molecule has 0 saturated carbocycles. The second-order valence-electron chi connectivity index (χ2n) is 13.0. The number of thiophene rings is 1. The fourth-order valence-electron chi connectivity index (χ4n) is 7.42. The Kier molecular flexibility index (Phi) is 7.33. The van der Waals surface area contributed by atoms with Crippen LogP contribution in [0.4, 0.5) is 17.1 Å². The SMILES string of the molecule is c1ccc(-c2nc3ccc4cc(-c5ccc(N(c6ccccc6)c6ccccc6)c6sc7ccccc7c56)ccc4c3nc2-c2ccccc2)cc1. The number of benzene rings is 8. The van der Waals surface area contributed by atoms with Gasteiger partial charge in [-0.1, -0.05) is 140 Å². The first-order valence-corrected chi connectivity index (χ1v) is 18.3. The number of nitrogens with zero attached hydrogens (tertiary/aromatic N) is 3. The van der Waals surface area contributed by atoms with E-state index in [0.717, 1.165) is 55.7 Å². The highest BCUT2D eigenvalue weighted by atomic mass is 32.1. The van der Waals surface area contributed by atoms with Crippen molar-refractivity contribution in [3.63, 3.8) is 0 Å². The third kappa shape index (κ3) is 5.12. The minimum Gasteiger partial charge on any atom is -0.309 e. The van der Waals surface area contributed by atoms with E-state index in [1.807, 2.05) is 23.5 Å². The second-order valence-corrected chi connectivity index (χ2v) is 14.0. The predicted octanol–water partition coefficient (Wildman–Crippen LogP) is 13.6. The van der Waals surface area contributed by atoms with Crippen LogP contribution >= 0.6 is 11.3 Å². The minimum absolute atomic E-state index is 0.885. The van der Waals surface area contributed by atoms with Gasteiger partial charge in [0, 0.05) is 43.4 Å². The monoisotopic (exact) mass is 681 g/mol. The number of rotatable bonds is 6. The summed E-state index contributed by atoms with van der Waals surface area (Å²) in [6.07, 6.45) is 0. The van der Waals surface area contributed by atoms with Crippen LogP contribution in [0.5, 0.6) is 0 Å². The van der Waals surface area contributed by atoms with Crippen LogP contribution in [-0.2, 0) is 0 Å². The number of anilines is 3. The molecule has 0 unspecified atom stereocenters. The van der Waals surface area contributed by atoms with Gasteiger partial charge in [0.15, 0.2) is 0 Å². The largest absolute Gasteiger partial charge is 0.309 e. The summed E-state index contributed by atoms with van der Waals surface area (Å²) in [5, 5.41) is 4.77. The molecule has 0 aliphatic carbocycles. The zero-order valence-corrected chi connectivity index (χ0v) is 29.0. The Hall–Kier alpha value is -6.62. The molecular weight excluding hydrogens is 651 g/mol. The number of aromatic nitrogens is 2. The zero-order chi connectivity index (χ0) is 34.4. The summed E-state index contributed by atoms with van der Waals surface area (Å²) in [5.74, 6) is 0. The van der Waals surface area contributed by atoms with Crippen LogP contribution in [-0.4, -0.2) is 9.97 Å². The number of hydrogen-bond acceptors (Lipinski definition) is 4. The summed E-state index contributed by atoms with van der Waals surface area (Å²) in [5.41, 5.74) is 11.5. The van der Waals surface area contributed by atoms with Gasteiger partial charge >= 0.3 is 0 Å². The molecule has 0 radical (unpaired) electrons. The summed E-state index contributed by atoms with van der Waals surface area (Å²) in [6.45, 7) is 0. The van der Waals surface area contributed by atoms with E-state index in [2.05, 4.69) is 181 Å². The van der Waals surface area contributed by atoms with Crippen LogP contribution in [0.15, 0.2) is 188 Å². The molecule has 0 atom stereocenters. The molecule has 52 heavy (non-hydrogen) atoms. The number of hydrogen-bond donors (Lipinski definition) is 0. The lowest BCUT2D eigenvalue weighted by atomic mass is 9.95. The predicted molar refractivity (Wildman–Crippen MR) is 221 cm³/mol. The first-order chi connectivity index (χ1) is 25.8. The Balaban J connectivity index is 1.18. The summed E-state index contributed by atoms with van der Waals surface area (Å²) < 4.78 is 2.54. The van der Waals surface area contributed by atoms with E-state index in [1.54, 1.807) is 0 Å². The quantitative estimate of drug-likeness (QED) is 0.164. The molecule has 2 heterocycles. The van der Waals surface area contributed by atoms with Crippen molar-refractivity contribution >= 4 is 70.4 Å². The van der Waals surface area contributed by atoms with Crippen molar-refractivity contribution in [2.45, 2.75) is 0 Å². The van der Waals surface area contributed by atoms with E-state index in [4.69, 9.17) is 9.97 Å². The van der Waals surface area contributed by atoms with Crippen LogP contribution in [0.25, 0.3) is 75.6 Å². The molecule has 0 amide bonds. The Bertz CT molecular complexity index is 2850. The maximum atomic E-state index is 5.36. The lowest BCUT2D eigenvalue weighted by Crippen LogP contribution is -2.09. The maximum absolute atomic E-state index is 5.36. The van der Waals surface area contributed by atoms with Crippen LogP contribution < -0.4 is 4.90 Å². The molecule has 0 aliphatic rings. The topological polar surface area (TPSA) is 29.0 Å². The molecule has 244 valence electrons. The van der Waals surface area contributed by atoms with Crippen LogP contribution in [0.3, 0.4) is 0 Å². The Morgan fingerprint density at radius 1 is 0.442 bits per heavy atom. The molecule has 10 rings (SSSR count). The summed E-state index contributed by atoms with van der Waals surface area (Å²) in [4.78, 5) is 13.0. The van der Waals surface area contributed by atoms with Gasteiger partial charge in [-0.2, -0.15) is 0 Å². The van der Waals surface area contributed by atoms with Crippen molar-refractivity contribution in [1.29, 1.82) is 0 Å². The highest BCUT2D eigenvalue weighted by Crippen LogP contribution is 2.48. The highest BCUT2D eigenvalue weighted by Gasteiger charge is 2.21. The smallest absolute Gasteiger partial charge is 0.0973 e. The van der Waals surface area contributed by atoms with Crippen molar-refractivity contribution < 1.29 is 0 Å². The molecule has 4 heteroatoms. The third-order valence-electron chi connectivity index (χ3n) is 9.83. The number of para-hydroxylation sites is 2. The fourth-order valence-corrected chi connectivity index (χ4v) is 8.65. The second kappa shape index (κ2) is 12.6. The van der Waals surface area contributed by atoms with Crippen molar-refractivity contribution in [2.75, 3.05) is 4.90 Å². The van der Waals surface area contributed by atoms with Crippen molar-refractivity contribution in [2.24, 2.45) is 0 Å². The average molecular weight is 682 g/mol. The van der Waals surface area contributed by atoms with Gasteiger partial charge in [0.25, 0.3) is 0 Å². The molecule has 2 aromatic heterocycles. The standard InChI is InChI=1S/C48H31N3S/c1-5-15-32(16-6-1)45-46(33-17-7-2-8-18-33)50-47-39-27-25-34(31-35(39)26-29-41(47)49-45)38-28-30-42(48-44(38)40-23-13-14-24-43(40)52-48)51(36-19-9-3-10-20-36)37-21-11-4-12-22-37/h1-31H. The van der Waals surface area contributed by atoms with E-state index in [0.29, 0.717) is 0 Å². The summed E-state index contributed by atoms with van der Waals surface area (Å²) in [7, 11) is 0. The highest BCUT2D eigenvalue weighted by molar-refractivity contribution is 7.26. The lowest BCUT2D eigenvalue weighted by molar-refractivity contribution is 1.30. The maximum Gasteiger partial charge on any atom is 0.0973 e. The average Bonchev–Trinajstić information content (AvgIpc) is 3.62. The van der Waals surface area contributed by atoms with Gasteiger partial charge in [0.05, 0.1) is 32.8 Å².